The zero-order valence-electron chi connectivity index (χ0n) is 16.3. The molecule has 28 heavy (non-hydrogen) atoms. The molecular formula is C21H25N7. The van der Waals surface area contributed by atoms with Crippen LogP contribution in [0.4, 0.5) is 17.7 Å². The Balaban J connectivity index is 1.41. The normalized spacial score (nSPS) is 14.2. The van der Waals surface area contributed by atoms with Crippen molar-refractivity contribution in [3.8, 4) is 0 Å². The molecule has 1 N–H and O–H groups in total. The molecule has 1 aliphatic heterocycles. The monoisotopic (exact) mass is 375 g/mol. The van der Waals surface area contributed by atoms with Gasteiger partial charge in [0, 0.05) is 56.9 Å². The van der Waals surface area contributed by atoms with Gasteiger partial charge in [-0.05, 0) is 25.5 Å². The molecule has 7 nitrogen and oxygen atoms in total. The summed E-state index contributed by atoms with van der Waals surface area (Å²) in [5.74, 6) is 2.43. The zero-order valence-corrected chi connectivity index (χ0v) is 16.3. The highest BCUT2D eigenvalue weighted by Crippen LogP contribution is 2.19. The summed E-state index contributed by atoms with van der Waals surface area (Å²) in [6.07, 6.45) is 3.57. The van der Waals surface area contributed by atoms with Crippen molar-refractivity contribution in [2.45, 2.75) is 20.4 Å². The maximum atomic E-state index is 4.75. The number of nitrogens with zero attached hydrogens (tertiary/aromatic N) is 6. The smallest absolute Gasteiger partial charge is 0.225 e. The molecular weight excluding hydrogens is 350 g/mol. The van der Waals surface area contributed by atoms with E-state index < -0.39 is 0 Å². The predicted molar refractivity (Wildman–Crippen MR) is 112 cm³/mol. The van der Waals surface area contributed by atoms with E-state index in [-0.39, 0.29) is 0 Å². The van der Waals surface area contributed by atoms with E-state index in [1.165, 1.54) is 11.1 Å². The van der Waals surface area contributed by atoms with Crippen molar-refractivity contribution in [1.29, 1.82) is 0 Å². The van der Waals surface area contributed by atoms with Crippen LogP contribution in [0.2, 0.25) is 0 Å². The minimum absolute atomic E-state index is 0.672. The lowest BCUT2D eigenvalue weighted by Gasteiger charge is -2.35. The molecule has 0 bridgehead atoms. The molecule has 3 aromatic rings. The van der Waals surface area contributed by atoms with Crippen LogP contribution in [-0.4, -0.2) is 46.1 Å². The summed E-state index contributed by atoms with van der Waals surface area (Å²) in [6.45, 7) is 8.34. The summed E-state index contributed by atoms with van der Waals surface area (Å²) >= 11 is 0. The number of aryl methyl sites for hydroxylation is 2. The Morgan fingerprint density at radius 1 is 0.893 bits per heavy atom. The third-order valence-corrected chi connectivity index (χ3v) is 4.81. The van der Waals surface area contributed by atoms with E-state index in [2.05, 4.69) is 61.3 Å². The third kappa shape index (κ3) is 4.36. The van der Waals surface area contributed by atoms with E-state index in [1.54, 1.807) is 12.4 Å². The minimum Gasteiger partial charge on any atom is -0.353 e. The highest BCUT2D eigenvalue weighted by Gasteiger charge is 2.20. The first kappa shape index (κ1) is 18.2. The van der Waals surface area contributed by atoms with Gasteiger partial charge in [0.1, 0.15) is 5.82 Å². The van der Waals surface area contributed by atoms with Gasteiger partial charge >= 0.3 is 0 Å². The van der Waals surface area contributed by atoms with E-state index in [0.717, 1.165) is 43.6 Å². The number of hydrogen-bond donors (Lipinski definition) is 1. The number of hydrogen-bond acceptors (Lipinski definition) is 7. The highest BCUT2D eigenvalue weighted by atomic mass is 15.3. The van der Waals surface area contributed by atoms with Crippen LogP contribution in [0.3, 0.4) is 0 Å². The molecule has 2 aromatic heterocycles. The fraction of sp³-hybridized carbons (Fsp3) is 0.333. The van der Waals surface area contributed by atoms with Gasteiger partial charge in [0.2, 0.25) is 11.9 Å². The zero-order chi connectivity index (χ0) is 19.3. The lowest BCUT2D eigenvalue weighted by atomic mass is 10.1. The molecule has 0 spiro atoms. The Morgan fingerprint density at radius 2 is 1.64 bits per heavy atom. The van der Waals surface area contributed by atoms with Gasteiger partial charge in [-0.2, -0.15) is 4.98 Å². The number of benzene rings is 1. The van der Waals surface area contributed by atoms with Gasteiger partial charge < -0.3 is 15.1 Å². The second kappa shape index (κ2) is 8.21. The maximum Gasteiger partial charge on any atom is 0.225 e. The van der Waals surface area contributed by atoms with Crippen molar-refractivity contribution >= 4 is 17.7 Å². The van der Waals surface area contributed by atoms with Crippen LogP contribution in [-0.2, 0) is 6.54 Å². The van der Waals surface area contributed by atoms with E-state index in [1.807, 2.05) is 19.1 Å². The van der Waals surface area contributed by atoms with Crippen molar-refractivity contribution < 1.29 is 0 Å². The van der Waals surface area contributed by atoms with Gasteiger partial charge in [-0.3, -0.25) is 0 Å². The molecule has 1 saturated heterocycles. The van der Waals surface area contributed by atoms with Gasteiger partial charge in [-0.25, -0.2) is 15.0 Å². The van der Waals surface area contributed by atoms with Crippen molar-refractivity contribution in [2.24, 2.45) is 0 Å². The van der Waals surface area contributed by atoms with Gasteiger partial charge in [-0.15, -0.1) is 0 Å². The van der Waals surface area contributed by atoms with Gasteiger partial charge in [0.05, 0.1) is 0 Å². The van der Waals surface area contributed by atoms with Gasteiger partial charge in [-0.1, -0.05) is 29.8 Å². The van der Waals surface area contributed by atoms with E-state index in [9.17, 15) is 0 Å². The van der Waals surface area contributed by atoms with E-state index in [0.29, 0.717) is 12.5 Å². The lowest BCUT2D eigenvalue weighted by molar-refractivity contribution is 0.634. The second-order valence-electron chi connectivity index (χ2n) is 7.06. The first-order chi connectivity index (χ1) is 13.7. The molecule has 0 atom stereocenters. The molecule has 3 heterocycles. The standard InChI is InChI=1S/C21H25N7/c1-16-5-3-6-18(13-16)15-24-20-25-17(2)14-19(26-20)27-9-11-28(12-10-27)21-22-7-4-8-23-21/h3-8,13-14H,9-12,15H2,1-2H3,(H,24,25,26). The molecule has 0 aliphatic carbocycles. The van der Waals surface area contributed by atoms with Crippen LogP contribution < -0.4 is 15.1 Å². The Bertz CT molecular complexity index is 921. The number of rotatable bonds is 5. The summed E-state index contributed by atoms with van der Waals surface area (Å²) < 4.78 is 0. The fourth-order valence-electron chi connectivity index (χ4n) is 3.39. The van der Waals surface area contributed by atoms with Crippen molar-refractivity contribution in [2.75, 3.05) is 41.3 Å². The average Bonchev–Trinajstić information content (AvgIpc) is 2.73. The molecule has 1 fully saturated rings. The molecule has 0 saturated carbocycles. The summed E-state index contributed by atoms with van der Waals surface area (Å²) in [4.78, 5) is 22.5. The predicted octanol–water partition coefficient (Wildman–Crippen LogP) is 2.82. The summed E-state index contributed by atoms with van der Waals surface area (Å²) in [5, 5.41) is 3.36. The van der Waals surface area contributed by atoms with E-state index in [4.69, 9.17) is 4.98 Å². The van der Waals surface area contributed by atoms with Crippen molar-refractivity contribution in [1.82, 2.24) is 19.9 Å². The summed E-state index contributed by atoms with van der Waals surface area (Å²) in [6, 6.07) is 12.4. The fourth-order valence-corrected chi connectivity index (χ4v) is 3.39. The first-order valence-electron chi connectivity index (χ1n) is 9.59. The average molecular weight is 375 g/mol. The van der Waals surface area contributed by atoms with Crippen molar-refractivity contribution in [3.63, 3.8) is 0 Å². The van der Waals surface area contributed by atoms with Crippen LogP contribution in [0.1, 0.15) is 16.8 Å². The third-order valence-electron chi connectivity index (χ3n) is 4.81. The minimum atomic E-state index is 0.672. The van der Waals surface area contributed by atoms with Crippen LogP contribution in [0, 0.1) is 13.8 Å². The topological polar surface area (TPSA) is 70.1 Å². The van der Waals surface area contributed by atoms with E-state index >= 15 is 0 Å². The Kier molecular flexibility index (Phi) is 5.32. The molecule has 1 aromatic carbocycles. The van der Waals surface area contributed by atoms with Crippen LogP contribution in [0.25, 0.3) is 0 Å². The molecule has 0 radical (unpaired) electrons. The molecule has 4 rings (SSSR count). The first-order valence-corrected chi connectivity index (χ1v) is 9.59. The largest absolute Gasteiger partial charge is 0.353 e. The molecule has 7 heteroatoms. The SMILES string of the molecule is Cc1cccc(CNc2nc(C)cc(N3CCN(c4ncccn4)CC3)n2)c1. The second-order valence-corrected chi connectivity index (χ2v) is 7.06. The lowest BCUT2D eigenvalue weighted by Crippen LogP contribution is -2.47. The Hall–Kier alpha value is -3.22. The van der Waals surface area contributed by atoms with Crippen LogP contribution in [0.5, 0.6) is 0 Å². The number of anilines is 3. The molecule has 144 valence electrons. The summed E-state index contributed by atoms with van der Waals surface area (Å²) in [7, 11) is 0. The van der Waals surface area contributed by atoms with Crippen molar-refractivity contribution in [3.05, 3.63) is 65.6 Å². The molecule has 0 amide bonds. The Labute approximate surface area is 165 Å². The number of aromatic nitrogens is 4. The molecule has 1 aliphatic rings. The molecule has 0 unspecified atom stereocenters. The van der Waals surface area contributed by atoms with Crippen LogP contribution >= 0.6 is 0 Å². The quantitative estimate of drug-likeness (QED) is 0.735. The Morgan fingerprint density at radius 3 is 2.39 bits per heavy atom. The number of nitrogens with one attached hydrogen (secondary N) is 1. The van der Waals surface area contributed by atoms with Gasteiger partial charge in [0.25, 0.3) is 0 Å². The van der Waals surface area contributed by atoms with Gasteiger partial charge in [0.15, 0.2) is 0 Å². The highest BCUT2D eigenvalue weighted by molar-refractivity contribution is 5.47. The number of piperazine rings is 1. The summed E-state index contributed by atoms with van der Waals surface area (Å²) in [5.41, 5.74) is 3.44. The van der Waals surface area contributed by atoms with Crippen LogP contribution in [0.15, 0.2) is 48.8 Å². The maximum absolute atomic E-state index is 4.75.